The maximum atomic E-state index is 12.5. The van der Waals surface area contributed by atoms with Crippen LogP contribution in [0.25, 0.3) is 0 Å². The Kier molecular flexibility index (Phi) is 10.8. The zero-order chi connectivity index (χ0) is 24.8. The summed E-state index contributed by atoms with van der Waals surface area (Å²) in [5.74, 6) is -0.606. The number of alkyl halides is 2. The molecule has 2 fully saturated rings. The maximum absolute atomic E-state index is 12.5. The first-order chi connectivity index (χ1) is 15.6. The van der Waals surface area contributed by atoms with Crippen LogP contribution in [0.1, 0.15) is 59.3 Å². The molecule has 3 N–H and O–H groups in total. The van der Waals surface area contributed by atoms with E-state index in [1.54, 1.807) is 6.08 Å². The highest BCUT2D eigenvalue weighted by Crippen LogP contribution is 2.44. The first-order valence-corrected chi connectivity index (χ1v) is 12.5. The number of hydrogen-bond donors (Lipinski definition) is 3. The number of unbranched alkanes of at least 4 members (excludes halogenated alkanes) is 3. The van der Waals surface area contributed by atoms with Crippen molar-refractivity contribution in [2.24, 2.45) is 5.92 Å². The lowest BCUT2D eigenvalue weighted by Gasteiger charge is -2.44. The number of aliphatic hydroxyl groups excluding tert-OH is 2. The van der Waals surface area contributed by atoms with Crippen molar-refractivity contribution in [1.82, 2.24) is 5.32 Å². The standard InChI is InChI=1S/C24H37Cl2NO6/c1-5-6-7-8-9-14(2)12-15(3)10-11-17(28)27-16-13-24(33-23(16)32-4)21(30)18(25)20(29)19(26)22(24)31/h10-12,14,16,18-19,21-23,30-31H,5-9,13H2,1-4H3,(H,27,28)/b11-10+,15-12+/t14?,16-,18-,19-,21+,22+,23+/m0/s1. The van der Waals surface area contributed by atoms with Crippen molar-refractivity contribution in [3.8, 4) is 0 Å². The Balaban J connectivity index is 2.00. The highest BCUT2D eigenvalue weighted by atomic mass is 35.5. The lowest BCUT2D eigenvalue weighted by Crippen LogP contribution is -2.67. The monoisotopic (exact) mass is 505 g/mol. The van der Waals surface area contributed by atoms with Crippen LogP contribution in [-0.4, -0.2) is 69.9 Å². The van der Waals surface area contributed by atoms with E-state index in [1.165, 1.54) is 38.9 Å². The Bertz CT molecular complexity index is 724. The summed E-state index contributed by atoms with van der Waals surface area (Å²) in [6, 6.07) is -0.681. The average Bonchev–Trinajstić information content (AvgIpc) is 3.16. The van der Waals surface area contributed by atoms with Crippen molar-refractivity contribution in [2.45, 2.75) is 100 Å². The molecule has 2 aliphatic rings. The van der Waals surface area contributed by atoms with Gasteiger partial charge in [0.2, 0.25) is 5.91 Å². The van der Waals surface area contributed by atoms with Gasteiger partial charge in [0.15, 0.2) is 12.1 Å². The normalized spacial score (nSPS) is 36.0. The van der Waals surface area contributed by atoms with E-state index >= 15 is 0 Å². The smallest absolute Gasteiger partial charge is 0.244 e. The van der Waals surface area contributed by atoms with Crippen molar-refractivity contribution in [2.75, 3.05) is 7.11 Å². The second-order valence-corrected chi connectivity index (χ2v) is 10.1. The number of hydrogen-bond acceptors (Lipinski definition) is 6. The third kappa shape index (κ3) is 6.80. The number of halogens is 2. The summed E-state index contributed by atoms with van der Waals surface area (Å²) in [6.07, 6.45) is 7.37. The Hall–Kier alpha value is -0.960. The van der Waals surface area contributed by atoms with Crippen LogP contribution in [0.4, 0.5) is 0 Å². The van der Waals surface area contributed by atoms with Crippen LogP contribution >= 0.6 is 23.2 Å². The Labute approximate surface area is 206 Å². The summed E-state index contributed by atoms with van der Waals surface area (Å²) in [5.41, 5.74) is -0.639. The first-order valence-electron chi connectivity index (χ1n) is 11.6. The fraction of sp³-hybridized carbons (Fsp3) is 0.750. The summed E-state index contributed by atoms with van der Waals surface area (Å²) >= 11 is 12.1. The van der Waals surface area contributed by atoms with Gasteiger partial charge in [0, 0.05) is 19.6 Å². The van der Waals surface area contributed by atoms with Gasteiger partial charge in [0.1, 0.15) is 28.6 Å². The lowest BCUT2D eigenvalue weighted by molar-refractivity contribution is -0.231. The Morgan fingerprint density at radius 2 is 1.88 bits per heavy atom. The van der Waals surface area contributed by atoms with Gasteiger partial charge in [0.05, 0.1) is 6.04 Å². The lowest BCUT2D eigenvalue weighted by atomic mass is 9.76. The van der Waals surface area contributed by atoms with Crippen molar-refractivity contribution in [1.29, 1.82) is 0 Å². The number of carbonyl (C=O) groups is 2. The molecule has 0 bridgehead atoms. The minimum Gasteiger partial charge on any atom is -0.388 e. The molecule has 1 unspecified atom stereocenters. The SMILES string of the molecule is CCCCCCC(C)/C=C(C)/C=C/C(=O)N[C@H]1CC2(O[C@H]1OC)[C@H](O)[C@@H](Cl)C(=O)[C@H](Cl)[C@H]2O. The van der Waals surface area contributed by atoms with Crippen LogP contribution in [0.2, 0.25) is 0 Å². The third-order valence-corrected chi connectivity index (χ3v) is 7.33. The van der Waals surface area contributed by atoms with Gasteiger partial charge in [-0.3, -0.25) is 9.59 Å². The molecule has 1 saturated carbocycles. The van der Waals surface area contributed by atoms with Gasteiger partial charge in [-0.1, -0.05) is 57.3 Å². The molecule has 1 saturated heterocycles. The van der Waals surface area contributed by atoms with E-state index in [2.05, 4.69) is 25.2 Å². The molecule has 7 atom stereocenters. The fourth-order valence-electron chi connectivity index (χ4n) is 4.55. The number of rotatable bonds is 10. The van der Waals surface area contributed by atoms with Gasteiger partial charge < -0.3 is 25.0 Å². The van der Waals surface area contributed by atoms with Gasteiger partial charge >= 0.3 is 0 Å². The minimum atomic E-state index is -1.63. The molecule has 2 rings (SSSR count). The van der Waals surface area contributed by atoms with E-state index in [4.69, 9.17) is 32.7 Å². The minimum absolute atomic E-state index is 0.0171. The predicted molar refractivity (Wildman–Crippen MR) is 128 cm³/mol. The molecule has 1 spiro atoms. The molecule has 0 radical (unpaired) electrons. The van der Waals surface area contributed by atoms with E-state index < -0.39 is 46.7 Å². The molecule has 0 aromatic rings. The molecular formula is C24H37Cl2NO6. The van der Waals surface area contributed by atoms with Crippen LogP contribution in [0, 0.1) is 5.92 Å². The van der Waals surface area contributed by atoms with E-state index in [1.807, 2.05) is 6.92 Å². The Morgan fingerprint density at radius 1 is 1.24 bits per heavy atom. The second-order valence-electron chi connectivity index (χ2n) is 9.16. The summed E-state index contributed by atoms with van der Waals surface area (Å²) in [6.45, 7) is 6.31. The van der Waals surface area contributed by atoms with E-state index in [0.29, 0.717) is 5.92 Å². The van der Waals surface area contributed by atoms with Crippen molar-refractivity contribution in [3.63, 3.8) is 0 Å². The molecule has 9 heteroatoms. The molecule has 1 aliphatic carbocycles. The number of aliphatic hydroxyl groups is 2. The van der Waals surface area contributed by atoms with Crippen molar-refractivity contribution < 1.29 is 29.3 Å². The highest BCUT2D eigenvalue weighted by molar-refractivity contribution is 6.41. The number of nitrogens with one attached hydrogen (secondary N) is 1. The van der Waals surface area contributed by atoms with Crippen LogP contribution in [0.5, 0.6) is 0 Å². The molecular weight excluding hydrogens is 469 g/mol. The molecule has 7 nitrogen and oxygen atoms in total. The van der Waals surface area contributed by atoms with Gasteiger partial charge in [-0.2, -0.15) is 0 Å². The number of ether oxygens (including phenoxy) is 2. The quantitative estimate of drug-likeness (QED) is 0.182. The number of amides is 1. The van der Waals surface area contributed by atoms with Crippen LogP contribution in [0.3, 0.4) is 0 Å². The molecule has 0 aromatic carbocycles. The van der Waals surface area contributed by atoms with Gasteiger partial charge in [-0.25, -0.2) is 0 Å². The van der Waals surface area contributed by atoms with E-state index in [9.17, 15) is 19.8 Å². The largest absolute Gasteiger partial charge is 0.388 e. The number of ketones is 1. The van der Waals surface area contributed by atoms with Crippen LogP contribution < -0.4 is 5.32 Å². The van der Waals surface area contributed by atoms with Crippen molar-refractivity contribution in [3.05, 3.63) is 23.8 Å². The van der Waals surface area contributed by atoms with E-state index in [-0.39, 0.29) is 12.3 Å². The second kappa shape index (κ2) is 12.7. The maximum Gasteiger partial charge on any atom is 0.244 e. The van der Waals surface area contributed by atoms with Crippen LogP contribution in [0.15, 0.2) is 23.8 Å². The number of methoxy groups -OCH3 is 1. The first kappa shape index (κ1) is 28.3. The molecule has 1 aliphatic heterocycles. The molecule has 0 aromatic heterocycles. The predicted octanol–water partition coefficient (Wildman–Crippen LogP) is 3.23. The van der Waals surface area contributed by atoms with Gasteiger partial charge in [-0.05, 0) is 19.3 Å². The summed E-state index contributed by atoms with van der Waals surface area (Å²) in [7, 11) is 1.39. The Morgan fingerprint density at radius 3 is 2.45 bits per heavy atom. The zero-order valence-electron chi connectivity index (χ0n) is 19.8. The average molecular weight is 506 g/mol. The number of allylic oxidation sites excluding steroid dienone is 3. The highest BCUT2D eigenvalue weighted by Gasteiger charge is 2.64. The number of Topliss-reactive ketones (excluding diaryl/α,β-unsaturated/α-hetero) is 1. The fourth-order valence-corrected chi connectivity index (χ4v) is 5.31. The zero-order valence-corrected chi connectivity index (χ0v) is 21.3. The number of carbonyl (C=O) groups excluding carboxylic acids is 2. The van der Waals surface area contributed by atoms with E-state index in [0.717, 1.165) is 12.0 Å². The van der Waals surface area contributed by atoms with Gasteiger partial charge in [0.25, 0.3) is 0 Å². The van der Waals surface area contributed by atoms with Crippen LogP contribution in [-0.2, 0) is 19.1 Å². The molecule has 188 valence electrons. The molecule has 33 heavy (non-hydrogen) atoms. The summed E-state index contributed by atoms with van der Waals surface area (Å²) in [5, 5.41) is 21.4. The summed E-state index contributed by atoms with van der Waals surface area (Å²) < 4.78 is 11.1. The summed E-state index contributed by atoms with van der Waals surface area (Å²) in [4.78, 5) is 24.6. The third-order valence-electron chi connectivity index (χ3n) is 6.42. The molecule has 1 heterocycles. The van der Waals surface area contributed by atoms with Gasteiger partial charge in [-0.15, -0.1) is 23.2 Å². The topological polar surface area (TPSA) is 105 Å². The van der Waals surface area contributed by atoms with Crippen molar-refractivity contribution >= 4 is 34.9 Å². The molecule has 1 amide bonds.